The number of benzene rings is 1. The zero-order valence-electron chi connectivity index (χ0n) is 24.8. The minimum Gasteiger partial charge on any atom is -0.504 e. The van der Waals surface area contributed by atoms with Crippen molar-refractivity contribution >= 4 is 22.8 Å². The summed E-state index contributed by atoms with van der Waals surface area (Å²) in [6.07, 6.45) is 1.63. The summed E-state index contributed by atoms with van der Waals surface area (Å²) in [4.78, 5) is 25.3. The highest BCUT2D eigenvalue weighted by atomic mass is 32.2. The molecule has 0 spiro atoms. The van der Waals surface area contributed by atoms with Crippen molar-refractivity contribution in [2.24, 2.45) is 33.3 Å². The Morgan fingerprint density at radius 3 is 2.27 bits per heavy atom. The van der Waals surface area contributed by atoms with Gasteiger partial charge in [-0.2, -0.15) is 13.2 Å². The van der Waals surface area contributed by atoms with Crippen LogP contribution in [0.1, 0.15) is 108 Å². The quantitative estimate of drug-likeness (QED) is 0.246. The molecule has 3 fully saturated rings. The van der Waals surface area contributed by atoms with Crippen LogP contribution in [0.5, 0.6) is 11.5 Å². The van der Waals surface area contributed by atoms with Crippen molar-refractivity contribution in [1.29, 1.82) is 0 Å². The van der Waals surface area contributed by atoms with E-state index in [1.165, 1.54) is 0 Å². The normalized spacial score (nSPS) is 40.0. The van der Waals surface area contributed by atoms with E-state index in [4.69, 9.17) is 5.73 Å². The lowest BCUT2D eigenvalue weighted by Gasteiger charge is -2.70. The van der Waals surface area contributed by atoms with E-state index in [0.29, 0.717) is 29.3 Å². The van der Waals surface area contributed by atoms with Crippen LogP contribution < -0.4 is 5.73 Å². The van der Waals surface area contributed by atoms with Gasteiger partial charge in [-0.25, -0.2) is 0 Å². The molecule has 1 unspecified atom stereocenters. The van der Waals surface area contributed by atoms with Crippen molar-refractivity contribution in [3.8, 4) is 11.5 Å². The largest absolute Gasteiger partial charge is 0.504 e. The molecular formula is C32H42F3NO4S. The van der Waals surface area contributed by atoms with Crippen LogP contribution in [-0.4, -0.2) is 27.4 Å². The third kappa shape index (κ3) is 4.34. The number of halogens is 3. The highest BCUT2D eigenvalue weighted by Crippen LogP contribution is 2.75. The smallest absolute Gasteiger partial charge is 0.396 e. The van der Waals surface area contributed by atoms with Gasteiger partial charge in [-0.05, 0) is 96.8 Å². The van der Waals surface area contributed by atoms with Crippen molar-refractivity contribution in [2.45, 2.75) is 110 Å². The molecule has 0 saturated heterocycles. The number of carbonyl (C=O) groups excluding carboxylic acids is 2. The Kier molecular flexibility index (Phi) is 6.78. The molecule has 0 heterocycles. The van der Waals surface area contributed by atoms with E-state index in [1.54, 1.807) is 13.0 Å². The van der Waals surface area contributed by atoms with Crippen molar-refractivity contribution in [2.75, 3.05) is 0 Å². The van der Waals surface area contributed by atoms with Crippen LogP contribution >= 0.6 is 11.8 Å². The molecular weight excluding hydrogens is 551 g/mol. The third-order valence-electron chi connectivity index (χ3n) is 12.3. The molecule has 0 aliphatic heterocycles. The molecule has 1 amide bonds. The Hall–Kier alpha value is -2.16. The van der Waals surface area contributed by atoms with Gasteiger partial charge in [-0.3, -0.25) is 9.59 Å². The van der Waals surface area contributed by atoms with Gasteiger partial charge in [0.15, 0.2) is 16.6 Å². The van der Waals surface area contributed by atoms with Crippen LogP contribution in [0.3, 0.4) is 0 Å². The molecule has 5 rings (SSSR count). The van der Waals surface area contributed by atoms with E-state index in [-0.39, 0.29) is 39.6 Å². The van der Waals surface area contributed by atoms with Crippen LogP contribution in [0.4, 0.5) is 13.2 Å². The zero-order chi connectivity index (χ0) is 30.6. The SMILES string of the molecule is Cc1c(O)c(O)cc2c1C(SC(=O)CC(F)(F)F)C=C1[C@@]2(C)CC[C@@]2(C)[C@@H]3C[C@](C)(C(N)=O)CC[C@]3(C)CC[C@]12C. The summed E-state index contributed by atoms with van der Waals surface area (Å²) in [5.74, 6) is -0.647. The van der Waals surface area contributed by atoms with E-state index < -0.39 is 33.8 Å². The minimum absolute atomic E-state index is 0.0432. The fraction of sp³-hybridized carbons (Fsp3) is 0.688. The lowest BCUT2D eigenvalue weighted by molar-refractivity contribution is -0.166. The average molecular weight is 594 g/mol. The van der Waals surface area contributed by atoms with Gasteiger partial charge in [0.05, 0.1) is 5.25 Å². The standard InChI is InChI=1S/C32H42F3NO4S/c1-17-24-18(13-19(37)25(17)39)29(4)10-12-31(6)22-15-28(3,26(36)40)8-7-27(22,2)9-11-30(31,5)21(29)14-20(24)41-23(38)16-32(33,34)35/h13-14,20,22,37,39H,7-12,15-16H2,1-6H3,(H2,36,40)/t20?,22-,27-,28-,29+,30-,31+/m1/s1. The summed E-state index contributed by atoms with van der Waals surface area (Å²) in [7, 11) is 0. The number of phenols is 2. The van der Waals surface area contributed by atoms with Gasteiger partial charge in [-0.15, -0.1) is 0 Å². The molecule has 4 N–H and O–H groups in total. The van der Waals surface area contributed by atoms with Gasteiger partial charge in [0, 0.05) is 10.8 Å². The summed E-state index contributed by atoms with van der Waals surface area (Å²) in [6.45, 7) is 12.6. The lowest BCUT2D eigenvalue weighted by atomic mass is 9.34. The van der Waals surface area contributed by atoms with Crippen molar-refractivity contribution < 1.29 is 33.0 Å². The number of carbonyl (C=O) groups is 2. The first-order chi connectivity index (χ1) is 18.7. The average Bonchev–Trinajstić information content (AvgIpc) is 2.85. The van der Waals surface area contributed by atoms with Crippen LogP contribution in [0.15, 0.2) is 17.7 Å². The molecule has 3 saturated carbocycles. The molecule has 4 aliphatic carbocycles. The molecule has 41 heavy (non-hydrogen) atoms. The second-order valence-electron chi connectivity index (χ2n) is 14.5. The first kappa shape index (κ1) is 30.3. The summed E-state index contributed by atoms with van der Waals surface area (Å²) >= 11 is 0.647. The van der Waals surface area contributed by atoms with Crippen LogP contribution in [0.2, 0.25) is 0 Å². The molecule has 0 radical (unpaired) electrons. The van der Waals surface area contributed by atoms with E-state index in [2.05, 4.69) is 27.7 Å². The predicted octanol–water partition coefficient (Wildman–Crippen LogP) is 7.76. The summed E-state index contributed by atoms with van der Waals surface area (Å²) in [6, 6.07) is 1.55. The second kappa shape index (κ2) is 9.17. The molecule has 5 nitrogen and oxygen atoms in total. The predicted molar refractivity (Wildman–Crippen MR) is 153 cm³/mol. The first-order valence-electron chi connectivity index (χ1n) is 14.6. The number of fused-ring (bicyclic) bond motifs is 7. The highest BCUT2D eigenvalue weighted by molar-refractivity contribution is 8.13. The topological polar surface area (TPSA) is 101 Å². The maximum Gasteiger partial charge on any atom is 0.396 e. The van der Waals surface area contributed by atoms with E-state index in [9.17, 15) is 33.0 Å². The Morgan fingerprint density at radius 1 is 1.02 bits per heavy atom. The molecule has 1 aromatic carbocycles. The summed E-state index contributed by atoms with van der Waals surface area (Å²) < 4.78 is 39.5. The number of primary amides is 1. The number of amides is 1. The molecule has 9 heteroatoms. The molecule has 0 aromatic heterocycles. The van der Waals surface area contributed by atoms with Gasteiger partial charge in [0.25, 0.3) is 0 Å². The number of thioether (sulfide) groups is 1. The van der Waals surface area contributed by atoms with Gasteiger partial charge in [0.1, 0.15) is 6.42 Å². The van der Waals surface area contributed by atoms with Crippen LogP contribution in [0.25, 0.3) is 0 Å². The number of alkyl halides is 3. The van der Waals surface area contributed by atoms with Crippen LogP contribution in [0, 0.1) is 34.5 Å². The molecule has 226 valence electrons. The Morgan fingerprint density at radius 2 is 1.66 bits per heavy atom. The number of aromatic hydroxyl groups is 2. The van der Waals surface area contributed by atoms with Crippen molar-refractivity contribution in [3.63, 3.8) is 0 Å². The van der Waals surface area contributed by atoms with E-state index in [0.717, 1.165) is 49.7 Å². The number of phenolic OH excluding ortho intramolecular Hbond substituents is 2. The summed E-state index contributed by atoms with van der Waals surface area (Å²) in [5, 5.41) is 19.6. The van der Waals surface area contributed by atoms with Gasteiger partial charge in [-0.1, -0.05) is 58.0 Å². The lowest BCUT2D eigenvalue weighted by Crippen LogP contribution is -2.63. The third-order valence-corrected chi connectivity index (χ3v) is 13.3. The zero-order valence-corrected chi connectivity index (χ0v) is 25.6. The van der Waals surface area contributed by atoms with Gasteiger partial charge in [0.2, 0.25) is 5.91 Å². The number of allylic oxidation sites excluding steroid dienone is 1. The van der Waals surface area contributed by atoms with Gasteiger partial charge < -0.3 is 15.9 Å². The fourth-order valence-electron chi connectivity index (χ4n) is 9.35. The second-order valence-corrected chi connectivity index (χ2v) is 15.7. The summed E-state index contributed by atoms with van der Waals surface area (Å²) in [5.41, 5.74) is 7.09. The molecule has 0 bridgehead atoms. The number of hydrogen-bond donors (Lipinski definition) is 3. The highest BCUT2D eigenvalue weighted by Gasteiger charge is 2.67. The Labute approximate surface area is 244 Å². The minimum atomic E-state index is -4.62. The number of nitrogens with two attached hydrogens (primary N) is 1. The Bertz CT molecular complexity index is 1360. The van der Waals surface area contributed by atoms with Gasteiger partial charge >= 0.3 is 6.18 Å². The van der Waals surface area contributed by atoms with E-state index in [1.807, 2.05) is 13.0 Å². The van der Waals surface area contributed by atoms with Crippen molar-refractivity contribution in [1.82, 2.24) is 0 Å². The monoisotopic (exact) mass is 593 g/mol. The molecule has 4 aliphatic rings. The number of rotatable bonds is 3. The maximum atomic E-state index is 13.2. The Balaban J connectivity index is 1.67. The molecule has 7 atom stereocenters. The van der Waals surface area contributed by atoms with Crippen LogP contribution in [-0.2, 0) is 15.0 Å². The fourth-order valence-corrected chi connectivity index (χ4v) is 10.5. The van der Waals surface area contributed by atoms with E-state index >= 15 is 0 Å². The molecule has 1 aromatic rings. The number of hydrogen-bond acceptors (Lipinski definition) is 5. The van der Waals surface area contributed by atoms with Crippen molar-refractivity contribution in [3.05, 3.63) is 34.4 Å². The first-order valence-corrected chi connectivity index (χ1v) is 15.4. The maximum absolute atomic E-state index is 13.2.